The van der Waals surface area contributed by atoms with Crippen LogP contribution in [0.15, 0.2) is 36.5 Å². The van der Waals surface area contributed by atoms with E-state index >= 15 is 0 Å². The Morgan fingerprint density at radius 1 is 1.10 bits per heavy atom. The molecule has 9 nitrogen and oxygen atoms in total. The highest BCUT2D eigenvalue weighted by Gasteiger charge is 2.37. The Morgan fingerprint density at radius 3 is 2.45 bits per heavy atom. The first-order chi connectivity index (χ1) is 13.9. The number of benzene rings is 1. The van der Waals surface area contributed by atoms with Crippen LogP contribution in [0.25, 0.3) is 10.9 Å². The SMILES string of the molecule is CCOC(=O)C[C@H](C(=O)OCC)[C@H](NC(=O)c1cnc2ccccc2c1)C(N)=O. The molecule has 1 heterocycles. The Bertz CT molecular complexity index is 914. The van der Waals surface area contributed by atoms with Gasteiger partial charge in [0.25, 0.3) is 5.91 Å². The van der Waals surface area contributed by atoms with Gasteiger partial charge in [0, 0.05) is 11.6 Å². The lowest BCUT2D eigenvalue weighted by Gasteiger charge is -2.23. The van der Waals surface area contributed by atoms with E-state index < -0.39 is 42.1 Å². The number of fused-ring (bicyclic) bond motifs is 1. The number of carbonyl (C=O) groups is 4. The molecule has 0 aliphatic heterocycles. The molecule has 2 atom stereocenters. The van der Waals surface area contributed by atoms with Crippen molar-refractivity contribution in [2.45, 2.75) is 26.3 Å². The molecule has 9 heteroatoms. The summed E-state index contributed by atoms with van der Waals surface area (Å²) >= 11 is 0. The van der Waals surface area contributed by atoms with Crippen LogP contribution in [0, 0.1) is 5.92 Å². The molecule has 3 N–H and O–H groups in total. The molecular formula is C20H23N3O6. The fourth-order valence-electron chi connectivity index (χ4n) is 2.78. The van der Waals surface area contributed by atoms with Gasteiger partial charge in [-0.15, -0.1) is 0 Å². The number of hydrogen-bond donors (Lipinski definition) is 2. The summed E-state index contributed by atoms with van der Waals surface area (Å²) in [6, 6.07) is 7.33. The minimum Gasteiger partial charge on any atom is -0.466 e. The number of aromatic nitrogens is 1. The lowest BCUT2D eigenvalue weighted by Crippen LogP contribution is -2.52. The summed E-state index contributed by atoms with van der Waals surface area (Å²) in [5, 5.41) is 3.15. The first kappa shape index (κ1) is 21.8. The molecule has 0 aliphatic rings. The van der Waals surface area contributed by atoms with Crippen LogP contribution in [0.3, 0.4) is 0 Å². The Balaban J connectivity index is 2.27. The number of pyridine rings is 1. The number of carbonyl (C=O) groups excluding carboxylic acids is 4. The lowest BCUT2D eigenvalue weighted by atomic mass is 9.95. The topological polar surface area (TPSA) is 138 Å². The average Bonchev–Trinajstić information content (AvgIpc) is 2.70. The summed E-state index contributed by atoms with van der Waals surface area (Å²) < 4.78 is 9.79. The van der Waals surface area contributed by atoms with Crippen LogP contribution in [-0.4, -0.2) is 48.0 Å². The molecule has 154 valence electrons. The van der Waals surface area contributed by atoms with E-state index in [1.54, 1.807) is 38.1 Å². The van der Waals surface area contributed by atoms with Crippen molar-refractivity contribution in [1.29, 1.82) is 0 Å². The summed E-state index contributed by atoms with van der Waals surface area (Å²) in [6.45, 7) is 3.33. The molecule has 2 aromatic rings. The molecule has 0 saturated heterocycles. The lowest BCUT2D eigenvalue weighted by molar-refractivity contribution is -0.156. The van der Waals surface area contributed by atoms with E-state index in [1.165, 1.54) is 6.20 Å². The third-order valence-corrected chi connectivity index (χ3v) is 4.13. The molecule has 0 spiro atoms. The highest BCUT2D eigenvalue weighted by molar-refractivity contribution is 6.01. The zero-order chi connectivity index (χ0) is 21.4. The Morgan fingerprint density at radius 2 is 1.79 bits per heavy atom. The second kappa shape index (κ2) is 10.2. The van der Waals surface area contributed by atoms with Crippen LogP contribution in [0.1, 0.15) is 30.6 Å². The molecule has 0 unspecified atom stereocenters. The van der Waals surface area contributed by atoms with E-state index in [1.807, 2.05) is 6.07 Å². The zero-order valence-corrected chi connectivity index (χ0v) is 16.2. The highest BCUT2D eigenvalue weighted by Crippen LogP contribution is 2.16. The van der Waals surface area contributed by atoms with Gasteiger partial charge in [-0.25, -0.2) is 0 Å². The maximum Gasteiger partial charge on any atom is 0.312 e. The van der Waals surface area contributed by atoms with E-state index in [-0.39, 0.29) is 18.8 Å². The molecule has 0 aliphatic carbocycles. The van der Waals surface area contributed by atoms with Crippen molar-refractivity contribution in [2.24, 2.45) is 11.7 Å². The van der Waals surface area contributed by atoms with Crippen molar-refractivity contribution in [3.05, 3.63) is 42.1 Å². The number of esters is 2. The smallest absolute Gasteiger partial charge is 0.312 e. The number of ether oxygens (including phenoxy) is 2. The molecule has 2 rings (SSSR count). The molecule has 0 saturated carbocycles. The first-order valence-corrected chi connectivity index (χ1v) is 9.14. The van der Waals surface area contributed by atoms with Gasteiger partial charge in [0.15, 0.2) is 0 Å². The zero-order valence-electron chi connectivity index (χ0n) is 16.2. The molecule has 1 aromatic heterocycles. The van der Waals surface area contributed by atoms with Crippen molar-refractivity contribution in [3.63, 3.8) is 0 Å². The minimum atomic E-state index is -1.46. The van der Waals surface area contributed by atoms with Crippen LogP contribution < -0.4 is 11.1 Å². The summed E-state index contributed by atoms with van der Waals surface area (Å²) in [7, 11) is 0. The molecular weight excluding hydrogens is 378 g/mol. The predicted octanol–water partition coefficient (Wildman–Crippen LogP) is 0.951. The fourth-order valence-corrected chi connectivity index (χ4v) is 2.78. The highest BCUT2D eigenvalue weighted by atomic mass is 16.5. The Labute approximate surface area is 167 Å². The first-order valence-electron chi connectivity index (χ1n) is 9.14. The minimum absolute atomic E-state index is 0.0339. The van der Waals surface area contributed by atoms with E-state index in [4.69, 9.17) is 15.2 Å². The number of amides is 2. The fraction of sp³-hybridized carbons (Fsp3) is 0.350. The van der Waals surface area contributed by atoms with Gasteiger partial charge in [-0.05, 0) is 26.0 Å². The van der Waals surface area contributed by atoms with Gasteiger partial charge in [-0.1, -0.05) is 18.2 Å². The number of nitrogens with two attached hydrogens (primary N) is 1. The third kappa shape index (κ3) is 5.74. The van der Waals surface area contributed by atoms with Gasteiger partial charge in [0.2, 0.25) is 5.91 Å². The van der Waals surface area contributed by atoms with E-state index in [0.29, 0.717) is 5.52 Å². The van der Waals surface area contributed by atoms with Gasteiger partial charge in [-0.3, -0.25) is 24.2 Å². The third-order valence-electron chi connectivity index (χ3n) is 4.13. The van der Waals surface area contributed by atoms with Gasteiger partial charge in [0.1, 0.15) is 6.04 Å². The number of primary amides is 1. The Hall–Kier alpha value is -3.49. The molecule has 0 radical (unpaired) electrons. The number of para-hydroxylation sites is 1. The van der Waals surface area contributed by atoms with Crippen LogP contribution in [0.5, 0.6) is 0 Å². The van der Waals surface area contributed by atoms with Crippen LogP contribution >= 0.6 is 0 Å². The number of hydrogen-bond acceptors (Lipinski definition) is 7. The number of rotatable bonds is 9. The molecule has 0 fully saturated rings. The largest absolute Gasteiger partial charge is 0.466 e. The summed E-state index contributed by atoms with van der Waals surface area (Å²) in [6.07, 6.45) is 0.886. The van der Waals surface area contributed by atoms with Crippen molar-refractivity contribution in [3.8, 4) is 0 Å². The molecule has 1 aromatic carbocycles. The van der Waals surface area contributed by atoms with Gasteiger partial charge in [-0.2, -0.15) is 0 Å². The summed E-state index contributed by atoms with van der Waals surface area (Å²) in [4.78, 5) is 53.1. The maximum atomic E-state index is 12.7. The summed E-state index contributed by atoms with van der Waals surface area (Å²) in [5.41, 5.74) is 6.28. The van der Waals surface area contributed by atoms with Gasteiger partial charge >= 0.3 is 11.9 Å². The Kier molecular flexibility index (Phi) is 7.64. The molecule has 0 bridgehead atoms. The van der Waals surface area contributed by atoms with Crippen LogP contribution in [0.2, 0.25) is 0 Å². The maximum absolute atomic E-state index is 12.7. The normalized spacial score (nSPS) is 12.6. The van der Waals surface area contributed by atoms with Crippen LogP contribution in [-0.2, 0) is 23.9 Å². The second-order valence-electron chi connectivity index (χ2n) is 6.14. The monoisotopic (exact) mass is 401 g/mol. The predicted molar refractivity (Wildman–Crippen MR) is 104 cm³/mol. The average molecular weight is 401 g/mol. The van der Waals surface area contributed by atoms with Crippen molar-refractivity contribution in [1.82, 2.24) is 10.3 Å². The quantitative estimate of drug-likeness (QED) is 0.597. The standard InChI is InChI=1S/C20H23N3O6/c1-3-28-16(24)10-14(20(27)29-4-2)17(18(21)25)23-19(26)13-9-12-7-5-6-8-15(12)22-11-13/h5-9,11,14,17H,3-4,10H2,1-2H3,(H2,21,25)(H,23,26)/t14-,17-/m0/s1. The van der Waals surface area contributed by atoms with Crippen LogP contribution in [0.4, 0.5) is 0 Å². The number of nitrogens with zero attached hydrogens (tertiary/aromatic N) is 1. The van der Waals surface area contributed by atoms with E-state index in [2.05, 4.69) is 10.3 Å². The van der Waals surface area contributed by atoms with Crippen molar-refractivity contribution < 1.29 is 28.7 Å². The van der Waals surface area contributed by atoms with Gasteiger partial charge in [0.05, 0.1) is 36.6 Å². The number of nitrogens with one attached hydrogen (secondary N) is 1. The van der Waals surface area contributed by atoms with E-state index in [0.717, 1.165) is 5.39 Å². The second-order valence-corrected chi connectivity index (χ2v) is 6.14. The van der Waals surface area contributed by atoms with E-state index in [9.17, 15) is 19.2 Å². The summed E-state index contributed by atoms with van der Waals surface area (Å²) in [5.74, 6) is -4.50. The molecule has 29 heavy (non-hydrogen) atoms. The van der Waals surface area contributed by atoms with Crippen molar-refractivity contribution in [2.75, 3.05) is 13.2 Å². The molecule has 2 amide bonds. The van der Waals surface area contributed by atoms with Gasteiger partial charge < -0.3 is 20.5 Å². The van der Waals surface area contributed by atoms with Crippen molar-refractivity contribution >= 4 is 34.7 Å².